The molecule has 6 heteroatoms. The zero-order valence-electron chi connectivity index (χ0n) is 15.2. The molecule has 0 aromatic carbocycles. The SMILES string of the molecule is CCOC(=O)C1CCC(CO)CC1.N#CCC1CCC(C(=O)O)CC1. The molecule has 0 aromatic heterocycles. The number of carboxylic acids is 1. The van der Waals surface area contributed by atoms with Gasteiger partial charge in [0, 0.05) is 13.0 Å². The molecule has 2 aliphatic rings. The number of aliphatic hydroxyl groups is 1. The number of nitrogens with zero attached hydrogens (tertiary/aromatic N) is 1. The summed E-state index contributed by atoms with van der Waals surface area (Å²) in [5.41, 5.74) is 0. The smallest absolute Gasteiger partial charge is 0.308 e. The normalized spacial score (nSPS) is 28.8. The zero-order valence-corrected chi connectivity index (χ0v) is 15.2. The van der Waals surface area contributed by atoms with Gasteiger partial charge in [0.15, 0.2) is 0 Å². The summed E-state index contributed by atoms with van der Waals surface area (Å²) in [4.78, 5) is 21.9. The highest BCUT2D eigenvalue weighted by molar-refractivity contribution is 5.72. The van der Waals surface area contributed by atoms with Gasteiger partial charge in [-0.15, -0.1) is 0 Å². The van der Waals surface area contributed by atoms with E-state index in [-0.39, 0.29) is 24.4 Å². The lowest BCUT2D eigenvalue weighted by molar-refractivity contribution is -0.149. The predicted octanol–water partition coefficient (Wildman–Crippen LogP) is 3.14. The highest BCUT2D eigenvalue weighted by atomic mass is 16.5. The van der Waals surface area contributed by atoms with Crippen molar-refractivity contribution in [3.8, 4) is 6.07 Å². The Morgan fingerprint density at radius 2 is 1.52 bits per heavy atom. The fourth-order valence-corrected chi connectivity index (χ4v) is 3.58. The van der Waals surface area contributed by atoms with E-state index in [1.165, 1.54) is 0 Å². The molecule has 0 radical (unpaired) electrons. The predicted molar refractivity (Wildman–Crippen MR) is 92.5 cm³/mol. The Morgan fingerprint density at radius 3 is 1.96 bits per heavy atom. The molecule has 0 spiro atoms. The summed E-state index contributed by atoms with van der Waals surface area (Å²) in [6.07, 6.45) is 7.58. The first-order valence-corrected chi connectivity index (χ1v) is 9.38. The third-order valence-corrected chi connectivity index (χ3v) is 5.30. The molecule has 2 N–H and O–H groups in total. The zero-order chi connectivity index (χ0) is 18.7. The number of aliphatic hydroxyl groups excluding tert-OH is 1. The van der Waals surface area contributed by atoms with Crippen LogP contribution in [0.3, 0.4) is 0 Å². The van der Waals surface area contributed by atoms with Gasteiger partial charge in [0.1, 0.15) is 0 Å². The van der Waals surface area contributed by atoms with Crippen molar-refractivity contribution >= 4 is 11.9 Å². The molecule has 0 unspecified atom stereocenters. The Morgan fingerprint density at radius 1 is 1.00 bits per heavy atom. The van der Waals surface area contributed by atoms with Crippen molar-refractivity contribution in [2.24, 2.45) is 23.7 Å². The van der Waals surface area contributed by atoms with Crippen LogP contribution in [0.2, 0.25) is 0 Å². The lowest BCUT2D eigenvalue weighted by Crippen LogP contribution is -2.24. The number of nitriles is 1. The van der Waals surface area contributed by atoms with E-state index in [1.54, 1.807) is 0 Å². The van der Waals surface area contributed by atoms with Gasteiger partial charge in [-0.1, -0.05) is 0 Å². The van der Waals surface area contributed by atoms with Gasteiger partial charge < -0.3 is 14.9 Å². The van der Waals surface area contributed by atoms with Gasteiger partial charge in [0.2, 0.25) is 0 Å². The summed E-state index contributed by atoms with van der Waals surface area (Å²) in [7, 11) is 0. The van der Waals surface area contributed by atoms with Crippen LogP contribution in [0.25, 0.3) is 0 Å². The number of ether oxygens (including phenoxy) is 1. The van der Waals surface area contributed by atoms with Crippen LogP contribution in [0.1, 0.15) is 64.7 Å². The quantitative estimate of drug-likeness (QED) is 0.735. The first-order chi connectivity index (χ1) is 12.0. The van der Waals surface area contributed by atoms with Gasteiger partial charge >= 0.3 is 11.9 Å². The van der Waals surface area contributed by atoms with Gasteiger partial charge in [0.05, 0.1) is 24.5 Å². The van der Waals surface area contributed by atoms with Gasteiger partial charge in [-0.05, 0) is 70.1 Å². The molecular formula is C19H31NO5. The highest BCUT2D eigenvalue weighted by Gasteiger charge is 2.27. The van der Waals surface area contributed by atoms with Crippen LogP contribution < -0.4 is 0 Å². The summed E-state index contributed by atoms with van der Waals surface area (Å²) in [5, 5.41) is 26.0. The fourth-order valence-electron chi connectivity index (χ4n) is 3.58. The van der Waals surface area contributed by atoms with Crippen molar-refractivity contribution in [2.45, 2.75) is 64.7 Å². The molecule has 0 amide bonds. The number of carbonyl (C=O) groups excluding carboxylic acids is 1. The van der Waals surface area contributed by atoms with Crippen LogP contribution in [0.5, 0.6) is 0 Å². The van der Waals surface area contributed by atoms with Crippen molar-refractivity contribution in [3.05, 3.63) is 0 Å². The number of carboxylic acid groups (broad SMARTS) is 1. The van der Waals surface area contributed by atoms with Crippen molar-refractivity contribution in [1.82, 2.24) is 0 Å². The summed E-state index contributed by atoms with van der Waals surface area (Å²) < 4.78 is 4.95. The molecule has 0 saturated heterocycles. The average Bonchev–Trinajstić information content (AvgIpc) is 2.63. The first kappa shape index (κ1) is 21.4. The van der Waals surface area contributed by atoms with E-state index in [1.807, 2.05) is 6.92 Å². The molecule has 2 rings (SSSR count). The molecule has 0 aromatic rings. The monoisotopic (exact) mass is 353 g/mol. The van der Waals surface area contributed by atoms with Crippen LogP contribution in [0.15, 0.2) is 0 Å². The summed E-state index contributed by atoms with van der Waals surface area (Å²) >= 11 is 0. The van der Waals surface area contributed by atoms with Crippen LogP contribution in [0.4, 0.5) is 0 Å². The first-order valence-electron chi connectivity index (χ1n) is 9.38. The van der Waals surface area contributed by atoms with Crippen LogP contribution >= 0.6 is 0 Å². The standard InChI is InChI=1S/C10H18O3.C9H13NO2/c1-2-13-10(12)9-5-3-8(7-11)4-6-9;10-6-5-7-1-3-8(4-2-7)9(11)12/h8-9,11H,2-7H2,1H3;7-8H,1-5H2,(H,11,12). The van der Waals surface area contributed by atoms with Crippen LogP contribution in [-0.2, 0) is 14.3 Å². The molecule has 2 fully saturated rings. The van der Waals surface area contributed by atoms with E-state index in [2.05, 4.69) is 6.07 Å². The maximum atomic E-state index is 11.3. The molecule has 0 heterocycles. The second-order valence-corrected chi connectivity index (χ2v) is 7.07. The Balaban J connectivity index is 0.000000251. The van der Waals surface area contributed by atoms with Crippen molar-refractivity contribution in [1.29, 1.82) is 5.26 Å². The molecule has 0 aliphatic heterocycles. The summed E-state index contributed by atoms with van der Waals surface area (Å²) in [6.45, 7) is 2.56. The summed E-state index contributed by atoms with van der Waals surface area (Å²) in [6, 6.07) is 2.13. The van der Waals surface area contributed by atoms with Crippen molar-refractivity contribution in [3.63, 3.8) is 0 Å². The molecule has 0 atom stereocenters. The molecule has 2 aliphatic carbocycles. The highest BCUT2D eigenvalue weighted by Crippen LogP contribution is 2.30. The molecular weight excluding hydrogens is 322 g/mol. The van der Waals surface area contributed by atoms with Gasteiger partial charge in [-0.3, -0.25) is 9.59 Å². The second-order valence-electron chi connectivity index (χ2n) is 7.07. The number of rotatable bonds is 5. The van der Waals surface area contributed by atoms with Gasteiger partial charge in [0.25, 0.3) is 0 Å². The fraction of sp³-hybridized carbons (Fsp3) is 0.842. The second kappa shape index (κ2) is 11.9. The van der Waals surface area contributed by atoms with Crippen LogP contribution in [-0.4, -0.2) is 35.4 Å². The maximum Gasteiger partial charge on any atom is 0.308 e. The van der Waals surface area contributed by atoms with E-state index in [0.717, 1.165) is 51.4 Å². The molecule has 25 heavy (non-hydrogen) atoms. The lowest BCUT2D eigenvalue weighted by Gasteiger charge is -2.25. The Labute approximate surface area is 150 Å². The van der Waals surface area contributed by atoms with Gasteiger partial charge in [-0.25, -0.2) is 0 Å². The molecule has 142 valence electrons. The molecule has 0 bridgehead atoms. The topological polar surface area (TPSA) is 108 Å². The third kappa shape index (κ3) is 7.87. The molecule has 6 nitrogen and oxygen atoms in total. The van der Waals surface area contributed by atoms with Gasteiger partial charge in [-0.2, -0.15) is 5.26 Å². The Kier molecular flexibility index (Phi) is 10.2. The van der Waals surface area contributed by atoms with E-state index < -0.39 is 5.97 Å². The largest absolute Gasteiger partial charge is 0.481 e. The number of hydrogen-bond acceptors (Lipinski definition) is 5. The van der Waals surface area contributed by atoms with E-state index >= 15 is 0 Å². The maximum absolute atomic E-state index is 11.3. The van der Waals surface area contributed by atoms with E-state index in [9.17, 15) is 9.59 Å². The minimum Gasteiger partial charge on any atom is -0.481 e. The van der Waals surface area contributed by atoms with Crippen LogP contribution in [0, 0.1) is 35.0 Å². The number of esters is 1. The third-order valence-electron chi connectivity index (χ3n) is 5.30. The van der Waals surface area contributed by atoms with Crippen molar-refractivity contribution < 1.29 is 24.5 Å². The van der Waals surface area contributed by atoms with E-state index in [0.29, 0.717) is 24.9 Å². The number of hydrogen-bond donors (Lipinski definition) is 2. The number of carbonyl (C=O) groups is 2. The minimum absolute atomic E-state index is 0.0566. The number of aliphatic carboxylic acids is 1. The Bertz CT molecular complexity index is 443. The Hall–Kier alpha value is -1.61. The minimum atomic E-state index is -0.676. The lowest BCUT2D eigenvalue weighted by atomic mass is 9.81. The molecule has 2 saturated carbocycles. The average molecular weight is 353 g/mol. The van der Waals surface area contributed by atoms with Crippen molar-refractivity contribution in [2.75, 3.05) is 13.2 Å². The summed E-state index contributed by atoms with van der Waals surface area (Å²) in [5.74, 6) is 0.0586. The van der Waals surface area contributed by atoms with E-state index in [4.69, 9.17) is 20.2 Å².